The van der Waals surface area contributed by atoms with Gasteiger partial charge in [-0.25, -0.2) is 0 Å². The first kappa shape index (κ1) is 27.5. The van der Waals surface area contributed by atoms with E-state index in [0.29, 0.717) is 18.6 Å². The quantitative estimate of drug-likeness (QED) is 0.302. The van der Waals surface area contributed by atoms with Crippen molar-refractivity contribution in [3.63, 3.8) is 0 Å². The Morgan fingerprint density at radius 1 is 1.15 bits per heavy atom. The number of hydrogen-bond acceptors (Lipinski definition) is 4. The first-order chi connectivity index (χ1) is 15.5. The highest BCUT2D eigenvalue weighted by Crippen LogP contribution is 2.39. The Balaban J connectivity index is 1.71. The van der Waals surface area contributed by atoms with Crippen molar-refractivity contribution in [2.45, 2.75) is 117 Å². The largest absolute Gasteiger partial charge is 0.508 e. The number of aliphatic hydroxyl groups is 2. The van der Waals surface area contributed by atoms with Gasteiger partial charge in [0.05, 0.1) is 12.2 Å². The SMILES string of the molecule is CC(C)=C[C@@H](O)CC[C@@H](O)C(C)CCC/C(C)=C/CC[C@]1(C)CCc2cc(O)cc(C)c2O1. The van der Waals surface area contributed by atoms with Crippen LogP contribution in [0.25, 0.3) is 0 Å². The van der Waals surface area contributed by atoms with Crippen molar-refractivity contribution in [2.75, 3.05) is 0 Å². The summed E-state index contributed by atoms with van der Waals surface area (Å²) < 4.78 is 6.40. The number of benzene rings is 1. The van der Waals surface area contributed by atoms with Crippen molar-refractivity contribution < 1.29 is 20.1 Å². The van der Waals surface area contributed by atoms with E-state index in [1.165, 1.54) is 5.57 Å². The minimum atomic E-state index is -0.457. The summed E-state index contributed by atoms with van der Waals surface area (Å²) in [6.07, 6.45) is 11.6. The van der Waals surface area contributed by atoms with E-state index in [9.17, 15) is 15.3 Å². The number of aryl methyl sites for hydroxylation is 2. The van der Waals surface area contributed by atoms with Crippen LogP contribution in [0.2, 0.25) is 0 Å². The van der Waals surface area contributed by atoms with Crippen molar-refractivity contribution in [1.82, 2.24) is 0 Å². The highest BCUT2D eigenvalue weighted by atomic mass is 16.5. The summed E-state index contributed by atoms with van der Waals surface area (Å²) >= 11 is 0. The second-order valence-electron chi connectivity index (χ2n) is 10.7. The maximum absolute atomic E-state index is 10.4. The van der Waals surface area contributed by atoms with E-state index in [1.54, 1.807) is 6.07 Å². The van der Waals surface area contributed by atoms with Crippen LogP contribution >= 0.6 is 0 Å². The third kappa shape index (κ3) is 9.17. The molecule has 0 bridgehead atoms. The van der Waals surface area contributed by atoms with E-state index in [2.05, 4.69) is 26.8 Å². The number of fused-ring (bicyclic) bond motifs is 1. The Hall–Kier alpha value is -1.78. The molecule has 0 spiro atoms. The molecular formula is C29H46O4. The first-order valence-electron chi connectivity index (χ1n) is 12.7. The van der Waals surface area contributed by atoms with Crippen molar-refractivity contribution in [2.24, 2.45) is 5.92 Å². The van der Waals surface area contributed by atoms with Crippen LogP contribution in [0, 0.1) is 12.8 Å². The predicted molar refractivity (Wildman–Crippen MR) is 137 cm³/mol. The van der Waals surface area contributed by atoms with Gasteiger partial charge in [0.15, 0.2) is 0 Å². The molecule has 4 heteroatoms. The fourth-order valence-corrected chi connectivity index (χ4v) is 4.75. The summed E-state index contributed by atoms with van der Waals surface area (Å²) in [6.45, 7) is 12.5. The molecule has 1 aliphatic heterocycles. The normalized spacial score (nSPS) is 21.0. The second kappa shape index (κ2) is 12.6. The predicted octanol–water partition coefficient (Wildman–Crippen LogP) is 6.79. The number of allylic oxidation sites excluding steroid dienone is 3. The summed E-state index contributed by atoms with van der Waals surface area (Å²) in [5.74, 6) is 1.51. The van der Waals surface area contributed by atoms with Crippen LogP contribution in [0.3, 0.4) is 0 Å². The number of aliphatic hydroxyl groups excluding tert-OH is 2. The lowest BCUT2D eigenvalue weighted by atomic mass is 9.87. The van der Waals surface area contributed by atoms with E-state index >= 15 is 0 Å². The maximum atomic E-state index is 10.4. The monoisotopic (exact) mass is 458 g/mol. The molecule has 0 fully saturated rings. The molecule has 4 atom stereocenters. The van der Waals surface area contributed by atoms with Gasteiger partial charge in [0, 0.05) is 0 Å². The number of ether oxygens (including phenoxy) is 1. The Kier molecular flexibility index (Phi) is 10.5. The third-order valence-corrected chi connectivity index (χ3v) is 6.95. The maximum Gasteiger partial charge on any atom is 0.126 e. The highest BCUT2D eigenvalue weighted by Gasteiger charge is 2.32. The molecule has 1 heterocycles. The lowest BCUT2D eigenvalue weighted by molar-refractivity contribution is 0.0561. The van der Waals surface area contributed by atoms with Gasteiger partial charge in [-0.15, -0.1) is 0 Å². The van der Waals surface area contributed by atoms with Gasteiger partial charge in [0.2, 0.25) is 0 Å². The molecule has 33 heavy (non-hydrogen) atoms. The molecule has 4 nitrogen and oxygen atoms in total. The van der Waals surface area contributed by atoms with Gasteiger partial charge < -0.3 is 20.1 Å². The number of aromatic hydroxyl groups is 1. The van der Waals surface area contributed by atoms with E-state index in [4.69, 9.17) is 4.74 Å². The minimum Gasteiger partial charge on any atom is -0.508 e. The van der Waals surface area contributed by atoms with Crippen LogP contribution in [0.15, 0.2) is 35.4 Å². The average Bonchev–Trinajstić information content (AvgIpc) is 2.72. The van der Waals surface area contributed by atoms with Gasteiger partial charge in [0.25, 0.3) is 0 Å². The van der Waals surface area contributed by atoms with Gasteiger partial charge in [0.1, 0.15) is 17.1 Å². The van der Waals surface area contributed by atoms with Gasteiger partial charge in [-0.3, -0.25) is 0 Å². The fraction of sp³-hybridized carbons (Fsp3) is 0.655. The van der Waals surface area contributed by atoms with Crippen molar-refractivity contribution in [3.05, 3.63) is 46.6 Å². The zero-order valence-corrected chi connectivity index (χ0v) is 21.7. The van der Waals surface area contributed by atoms with E-state index in [1.807, 2.05) is 32.9 Å². The topological polar surface area (TPSA) is 69.9 Å². The number of phenols is 1. The number of hydrogen-bond donors (Lipinski definition) is 3. The molecule has 186 valence electrons. The van der Waals surface area contributed by atoms with Gasteiger partial charge in [-0.05, 0) is 122 Å². The van der Waals surface area contributed by atoms with Gasteiger partial charge in [-0.1, -0.05) is 30.2 Å². The first-order valence-corrected chi connectivity index (χ1v) is 12.7. The lowest BCUT2D eigenvalue weighted by Crippen LogP contribution is -2.36. The summed E-state index contributed by atoms with van der Waals surface area (Å²) in [4.78, 5) is 0. The molecule has 0 radical (unpaired) electrons. The smallest absolute Gasteiger partial charge is 0.126 e. The van der Waals surface area contributed by atoms with Gasteiger partial charge >= 0.3 is 0 Å². The molecule has 1 aliphatic rings. The average molecular weight is 459 g/mol. The van der Waals surface area contributed by atoms with E-state index in [-0.39, 0.29) is 17.6 Å². The fourth-order valence-electron chi connectivity index (χ4n) is 4.75. The molecule has 3 N–H and O–H groups in total. The second-order valence-corrected chi connectivity index (χ2v) is 10.7. The molecule has 2 rings (SSSR count). The number of rotatable bonds is 12. The Morgan fingerprint density at radius 3 is 2.58 bits per heavy atom. The lowest BCUT2D eigenvalue weighted by Gasteiger charge is -2.36. The summed E-state index contributed by atoms with van der Waals surface area (Å²) in [5.41, 5.74) is 4.46. The minimum absolute atomic E-state index is 0.166. The highest BCUT2D eigenvalue weighted by molar-refractivity contribution is 5.47. The van der Waals surface area contributed by atoms with Crippen LogP contribution in [0.5, 0.6) is 11.5 Å². The summed E-state index contributed by atoms with van der Waals surface area (Å²) in [7, 11) is 0. The molecule has 0 saturated carbocycles. The van der Waals surface area contributed by atoms with Crippen LogP contribution in [0.1, 0.15) is 97.1 Å². The summed E-state index contributed by atoms with van der Waals surface area (Å²) in [5, 5.41) is 30.2. The Labute approximate surface area is 201 Å². The van der Waals surface area contributed by atoms with Crippen molar-refractivity contribution >= 4 is 0 Å². The zero-order chi connectivity index (χ0) is 24.6. The molecule has 0 aliphatic carbocycles. The molecule has 1 aromatic rings. The molecule has 1 aromatic carbocycles. The van der Waals surface area contributed by atoms with Crippen molar-refractivity contribution in [3.8, 4) is 11.5 Å². The molecular weight excluding hydrogens is 412 g/mol. The zero-order valence-electron chi connectivity index (χ0n) is 21.7. The Bertz CT molecular complexity index is 821. The molecule has 0 saturated heterocycles. The van der Waals surface area contributed by atoms with Crippen LogP contribution in [-0.4, -0.2) is 33.1 Å². The summed E-state index contributed by atoms with van der Waals surface area (Å²) in [6, 6.07) is 3.60. The van der Waals surface area contributed by atoms with Gasteiger partial charge in [-0.2, -0.15) is 0 Å². The van der Waals surface area contributed by atoms with Crippen LogP contribution < -0.4 is 4.74 Å². The molecule has 0 aromatic heterocycles. The molecule has 1 unspecified atom stereocenters. The standard InChI is InChI=1S/C29H46O4/c1-20(2)17-25(30)12-13-27(32)22(4)11-7-9-21(3)10-8-15-29(6)16-14-24-19-26(31)18-23(5)28(24)33-29/h10,17-19,22,25,27,30-32H,7-9,11-16H2,1-6H3/b21-10+/t22?,25-,27+,29+/m0/s1. The van der Waals surface area contributed by atoms with Crippen LogP contribution in [0.4, 0.5) is 0 Å². The Morgan fingerprint density at radius 2 is 1.88 bits per heavy atom. The van der Waals surface area contributed by atoms with Crippen molar-refractivity contribution in [1.29, 1.82) is 0 Å². The third-order valence-electron chi connectivity index (χ3n) is 6.95. The van der Waals surface area contributed by atoms with E-state index in [0.717, 1.165) is 67.4 Å². The van der Waals surface area contributed by atoms with E-state index < -0.39 is 6.10 Å². The number of phenolic OH excluding ortho intramolecular Hbond substituents is 1. The van der Waals surface area contributed by atoms with Crippen LogP contribution in [-0.2, 0) is 6.42 Å². The molecule has 0 amide bonds.